The van der Waals surface area contributed by atoms with Crippen molar-refractivity contribution in [3.63, 3.8) is 0 Å². The molecule has 39 heavy (non-hydrogen) atoms. The maximum atomic E-state index is 13.7. The standard InChI is InChI=1S/C28H17NO9S/c30-12-1-3-14-19(9-12)37-20-10-13(31)2-4-15(20)28(14)16-11-17(29-21(33)6-7-22(29)34)26-25(24(16)27(36)38-28)18(32)5-8-23(35)39-26/h1-4,9-11,30-31H,5-8H2. The summed E-state index contributed by atoms with van der Waals surface area (Å²) in [6.45, 7) is 0. The number of phenolic OH excluding ortho intramolecular Hbond substituents is 2. The van der Waals surface area contributed by atoms with Gasteiger partial charge in [0, 0.05) is 60.1 Å². The Labute approximate surface area is 224 Å². The molecule has 0 atom stereocenters. The Hall–Kier alpha value is -4.64. The van der Waals surface area contributed by atoms with Gasteiger partial charge in [0.05, 0.1) is 16.1 Å². The molecule has 1 saturated heterocycles. The summed E-state index contributed by atoms with van der Waals surface area (Å²) in [6.07, 6.45) is -0.298. The maximum absolute atomic E-state index is 13.7. The van der Waals surface area contributed by atoms with Gasteiger partial charge in [-0.15, -0.1) is 0 Å². The van der Waals surface area contributed by atoms with E-state index in [1.54, 1.807) is 0 Å². The van der Waals surface area contributed by atoms with Gasteiger partial charge in [-0.3, -0.25) is 19.2 Å². The Morgan fingerprint density at radius 3 is 1.97 bits per heavy atom. The van der Waals surface area contributed by atoms with Gasteiger partial charge in [-0.05, 0) is 42.1 Å². The second kappa shape index (κ2) is 7.93. The van der Waals surface area contributed by atoms with E-state index in [0.29, 0.717) is 11.1 Å². The van der Waals surface area contributed by atoms with E-state index in [9.17, 15) is 34.2 Å². The van der Waals surface area contributed by atoms with Crippen LogP contribution in [0.4, 0.5) is 5.69 Å². The van der Waals surface area contributed by atoms with Crippen LogP contribution < -0.4 is 9.64 Å². The average molecular weight is 544 g/mol. The fraction of sp³-hybridized carbons (Fsp3) is 0.179. The van der Waals surface area contributed by atoms with Gasteiger partial charge < -0.3 is 19.7 Å². The highest BCUT2D eigenvalue weighted by atomic mass is 32.2. The van der Waals surface area contributed by atoms with E-state index in [1.807, 2.05) is 0 Å². The van der Waals surface area contributed by atoms with Gasteiger partial charge >= 0.3 is 5.97 Å². The van der Waals surface area contributed by atoms with Crippen LogP contribution in [0.2, 0.25) is 0 Å². The molecule has 0 bridgehead atoms. The minimum atomic E-state index is -1.71. The second-order valence-corrected chi connectivity index (χ2v) is 10.6. The summed E-state index contributed by atoms with van der Waals surface area (Å²) in [6, 6.07) is 9.91. The zero-order chi connectivity index (χ0) is 27.2. The lowest BCUT2D eigenvalue weighted by molar-refractivity contribution is -0.121. The third-order valence-electron chi connectivity index (χ3n) is 7.34. The van der Waals surface area contributed by atoms with Crippen molar-refractivity contribution in [2.24, 2.45) is 0 Å². The molecule has 7 rings (SSSR count). The number of hydrogen-bond donors (Lipinski definition) is 2. The number of imide groups is 1. The van der Waals surface area contributed by atoms with Crippen molar-refractivity contribution in [2.45, 2.75) is 36.2 Å². The van der Waals surface area contributed by atoms with Crippen molar-refractivity contribution in [1.82, 2.24) is 0 Å². The zero-order valence-corrected chi connectivity index (χ0v) is 20.8. The molecule has 2 amide bonds. The highest BCUT2D eigenvalue weighted by molar-refractivity contribution is 8.13. The molecule has 194 valence electrons. The first-order valence-corrected chi connectivity index (χ1v) is 12.9. The van der Waals surface area contributed by atoms with Crippen LogP contribution >= 0.6 is 11.8 Å². The Balaban J connectivity index is 1.62. The number of anilines is 1. The van der Waals surface area contributed by atoms with Crippen molar-refractivity contribution in [3.8, 4) is 23.0 Å². The first kappa shape index (κ1) is 23.5. The Bertz CT molecular complexity index is 1660. The van der Waals surface area contributed by atoms with Crippen LogP contribution in [0.5, 0.6) is 23.0 Å². The molecule has 4 aliphatic heterocycles. The van der Waals surface area contributed by atoms with Gasteiger partial charge in [0.15, 0.2) is 16.5 Å². The largest absolute Gasteiger partial charge is 0.508 e. The van der Waals surface area contributed by atoms with Crippen LogP contribution in [0.15, 0.2) is 47.4 Å². The van der Waals surface area contributed by atoms with Crippen molar-refractivity contribution in [2.75, 3.05) is 4.90 Å². The number of ketones is 1. The number of hydrogen-bond acceptors (Lipinski definition) is 10. The number of fused-ring (bicyclic) bond motifs is 8. The molecule has 0 aliphatic carbocycles. The Kier molecular flexibility index (Phi) is 4.77. The number of nitrogens with zero attached hydrogens (tertiary/aromatic N) is 1. The summed E-state index contributed by atoms with van der Waals surface area (Å²) in [5.41, 5.74) is -0.998. The molecule has 0 aromatic heterocycles. The predicted octanol–water partition coefficient (Wildman–Crippen LogP) is 3.91. The fourth-order valence-electron chi connectivity index (χ4n) is 5.71. The quantitative estimate of drug-likeness (QED) is 0.342. The molecule has 4 aliphatic rings. The van der Waals surface area contributed by atoms with E-state index >= 15 is 0 Å². The Morgan fingerprint density at radius 1 is 0.744 bits per heavy atom. The molecule has 10 nitrogen and oxygen atoms in total. The number of carbonyl (C=O) groups excluding carboxylic acids is 5. The molecule has 3 aromatic rings. The van der Waals surface area contributed by atoms with Crippen molar-refractivity contribution < 1.29 is 43.7 Å². The molecule has 0 radical (unpaired) electrons. The molecule has 1 spiro atoms. The number of benzene rings is 3. The molecule has 4 heterocycles. The van der Waals surface area contributed by atoms with Crippen LogP contribution in [0, 0.1) is 0 Å². The number of ether oxygens (including phenoxy) is 2. The van der Waals surface area contributed by atoms with E-state index in [4.69, 9.17) is 9.47 Å². The van der Waals surface area contributed by atoms with Gasteiger partial charge in [0.25, 0.3) is 0 Å². The second-order valence-electron chi connectivity index (χ2n) is 9.58. The van der Waals surface area contributed by atoms with Gasteiger partial charge in [0.1, 0.15) is 23.0 Å². The van der Waals surface area contributed by atoms with Gasteiger partial charge in [-0.25, -0.2) is 9.69 Å². The lowest BCUT2D eigenvalue weighted by atomic mass is 9.76. The molecular weight excluding hydrogens is 526 g/mol. The number of amides is 2. The summed E-state index contributed by atoms with van der Waals surface area (Å²) in [4.78, 5) is 66.6. The predicted molar refractivity (Wildman–Crippen MR) is 134 cm³/mol. The normalized spacial score (nSPS) is 18.8. The summed E-state index contributed by atoms with van der Waals surface area (Å²) >= 11 is 0.728. The van der Waals surface area contributed by atoms with Crippen molar-refractivity contribution in [1.29, 1.82) is 0 Å². The number of thioether (sulfide) groups is 1. The van der Waals surface area contributed by atoms with E-state index in [-0.39, 0.29) is 81.1 Å². The van der Waals surface area contributed by atoms with Crippen LogP contribution in [-0.2, 0) is 24.7 Å². The molecule has 3 aromatic carbocycles. The summed E-state index contributed by atoms with van der Waals surface area (Å²) < 4.78 is 12.1. The number of esters is 1. The number of Topliss-reactive ketones (excluding diaryl/α,β-unsaturated/α-hetero) is 1. The Morgan fingerprint density at radius 2 is 1.36 bits per heavy atom. The highest BCUT2D eigenvalue weighted by Crippen LogP contribution is 2.59. The highest BCUT2D eigenvalue weighted by Gasteiger charge is 2.56. The van der Waals surface area contributed by atoms with Gasteiger partial charge in [-0.1, -0.05) is 0 Å². The summed E-state index contributed by atoms with van der Waals surface area (Å²) in [7, 11) is 0. The number of phenols is 2. The van der Waals surface area contributed by atoms with E-state index in [1.165, 1.54) is 42.5 Å². The zero-order valence-electron chi connectivity index (χ0n) is 20.0. The first-order chi connectivity index (χ1) is 18.7. The summed E-state index contributed by atoms with van der Waals surface area (Å²) in [5, 5.41) is 20.0. The SMILES string of the molecule is O=C1CCC(=O)c2c(c(N3C(=O)CCC3=O)cc3c2C(=O)OC32c3ccc(O)cc3Oc3cc(O)ccc32)S1. The topological polar surface area (TPSA) is 148 Å². The molecule has 0 unspecified atom stereocenters. The molecule has 2 N–H and O–H groups in total. The molecule has 1 fully saturated rings. The van der Waals surface area contributed by atoms with Crippen LogP contribution in [0.3, 0.4) is 0 Å². The van der Waals surface area contributed by atoms with Gasteiger partial charge in [-0.2, -0.15) is 0 Å². The lowest BCUT2D eigenvalue weighted by Crippen LogP contribution is -2.34. The lowest BCUT2D eigenvalue weighted by Gasteiger charge is -2.37. The minimum absolute atomic E-state index is 0.0319. The summed E-state index contributed by atoms with van der Waals surface area (Å²) in [5.74, 6) is -2.30. The van der Waals surface area contributed by atoms with Gasteiger partial charge in [0.2, 0.25) is 11.8 Å². The van der Waals surface area contributed by atoms with Crippen LogP contribution in [-0.4, -0.2) is 38.9 Å². The first-order valence-electron chi connectivity index (χ1n) is 12.1. The molecule has 11 heteroatoms. The van der Waals surface area contributed by atoms with Crippen LogP contribution in [0.25, 0.3) is 0 Å². The van der Waals surface area contributed by atoms with E-state index < -0.39 is 29.2 Å². The molecule has 0 saturated carbocycles. The number of carbonyl (C=O) groups is 5. The number of aromatic hydroxyl groups is 2. The minimum Gasteiger partial charge on any atom is -0.508 e. The molecular formula is C28H17NO9S. The smallest absolute Gasteiger partial charge is 0.340 e. The van der Waals surface area contributed by atoms with E-state index in [0.717, 1.165) is 16.7 Å². The fourth-order valence-corrected chi connectivity index (χ4v) is 6.71. The van der Waals surface area contributed by atoms with Crippen molar-refractivity contribution >= 4 is 46.1 Å². The van der Waals surface area contributed by atoms with Crippen molar-refractivity contribution in [3.05, 3.63) is 70.3 Å². The average Bonchev–Trinajstić information content (AvgIpc) is 3.31. The maximum Gasteiger partial charge on any atom is 0.340 e. The van der Waals surface area contributed by atoms with E-state index in [2.05, 4.69) is 0 Å². The third kappa shape index (κ3) is 3.13. The monoisotopic (exact) mass is 543 g/mol. The number of rotatable bonds is 1. The van der Waals surface area contributed by atoms with Crippen LogP contribution in [0.1, 0.15) is 63.1 Å². The third-order valence-corrected chi connectivity index (χ3v) is 8.39.